The van der Waals surface area contributed by atoms with Crippen LogP contribution in [0.5, 0.6) is 0 Å². The van der Waals surface area contributed by atoms with Crippen LogP contribution in [0.2, 0.25) is 0 Å². The molecule has 0 aromatic heterocycles. The van der Waals surface area contributed by atoms with E-state index in [0.717, 1.165) is 0 Å². The topological polar surface area (TPSA) is 87.5 Å². The van der Waals surface area contributed by atoms with E-state index in [1.807, 2.05) is 25.8 Å². The van der Waals surface area contributed by atoms with Gasteiger partial charge in [-0.2, -0.15) is 0 Å². The Hall–Kier alpha value is -1.14. The van der Waals surface area contributed by atoms with Crippen molar-refractivity contribution in [1.29, 1.82) is 0 Å². The summed E-state index contributed by atoms with van der Waals surface area (Å²) in [6.07, 6.45) is 0.424. The average molecular weight is 230 g/mol. The van der Waals surface area contributed by atoms with Gasteiger partial charge in [-0.1, -0.05) is 0 Å². The normalized spacial score (nSPS) is 11.4. The van der Waals surface area contributed by atoms with Gasteiger partial charge >= 0.3 is 0 Å². The van der Waals surface area contributed by atoms with Crippen LogP contribution in [0.3, 0.4) is 0 Å². The molecule has 0 rings (SSSR count). The lowest BCUT2D eigenvalue weighted by Gasteiger charge is -2.28. The number of rotatable bonds is 6. The van der Waals surface area contributed by atoms with Crippen LogP contribution < -0.4 is 16.6 Å². The lowest BCUT2D eigenvalue weighted by molar-refractivity contribution is -0.130. The molecule has 0 saturated heterocycles. The zero-order valence-corrected chi connectivity index (χ0v) is 10.5. The third kappa shape index (κ3) is 5.09. The fourth-order valence-corrected chi connectivity index (χ4v) is 1.44. The van der Waals surface area contributed by atoms with E-state index in [2.05, 4.69) is 10.7 Å². The maximum Gasteiger partial charge on any atom is 0.240 e. The minimum atomic E-state index is -0.563. The van der Waals surface area contributed by atoms with Crippen LogP contribution in [-0.2, 0) is 9.59 Å². The first kappa shape index (κ1) is 14.9. The van der Waals surface area contributed by atoms with Crippen molar-refractivity contribution in [3.05, 3.63) is 0 Å². The molecule has 6 heteroatoms. The number of carbonyl (C=O) groups is 2. The van der Waals surface area contributed by atoms with Gasteiger partial charge in [-0.3, -0.25) is 15.0 Å². The van der Waals surface area contributed by atoms with Crippen molar-refractivity contribution < 1.29 is 9.59 Å². The number of amides is 2. The van der Waals surface area contributed by atoms with Crippen molar-refractivity contribution in [2.75, 3.05) is 27.2 Å². The molecule has 0 aromatic carbocycles. The summed E-state index contributed by atoms with van der Waals surface area (Å²) in [4.78, 5) is 24.4. The van der Waals surface area contributed by atoms with Crippen molar-refractivity contribution in [3.63, 3.8) is 0 Å². The van der Waals surface area contributed by atoms with Crippen LogP contribution in [0.4, 0.5) is 0 Å². The van der Waals surface area contributed by atoms with E-state index in [1.54, 1.807) is 7.05 Å². The third-order valence-electron chi connectivity index (χ3n) is 2.41. The molecule has 6 nitrogen and oxygen atoms in total. The molecule has 0 aromatic rings. The Kier molecular flexibility index (Phi) is 5.98. The largest absolute Gasteiger partial charge is 0.359 e. The predicted molar refractivity (Wildman–Crippen MR) is 62.3 cm³/mol. The fraction of sp³-hybridized carbons (Fsp3) is 0.800. The molecule has 0 atom stereocenters. The first-order valence-corrected chi connectivity index (χ1v) is 5.23. The number of carbonyl (C=O) groups excluding carboxylic acids is 2. The van der Waals surface area contributed by atoms with Gasteiger partial charge in [-0.05, 0) is 20.9 Å². The maximum absolute atomic E-state index is 11.4. The monoisotopic (exact) mass is 230 g/mol. The second-order valence-corrected chi connectivity index (χ2v) is 4.52. The van der Waals surface area contributed by atoms with Gasteiger partial charge in [0.05, 0.1) is 5.41 Å². The van der Waals surface area contributed by atoms with Gasteiger partial charge in [0, 0.05) is 26.6 Å². The second-order valence-electron chi connectivity index (χ2n) is 4.52. The van der Waals surface area contributed by atoms with Gasteiger partial charge in [0.1, 0.15) is 0 Å². The molecule has 94 valence electrons. The number of hydrogen-bond acceptors (Lipinski definition) is 4. The van der Waals surface area contributed by atoms with Gasteiger partial charge in [0.25, 0.3) is 0 Å². The lowest BCUT2D eigenvalue weighted by atomic mass is 9.92. The lowest BCUT2D eigenvalue weighted by Crippen LogP contribution is -2.46. The highest BCUT2D eigenvalue weighted by Gasteiger charge is 2.28. The first-order chi connectivity index (χ1) is 7.33. The molecule has 16 heavy (non-hydrogen) atoms. The van der Waals surface area contributed by atoms with Crippen LogP contribution in [0.1, 0.15) is 20.3 Å². The molecule has 2 amide bonds. The molecule has 0 fully saturated rings. The summed E-state index contributed by atoms with van der Waals surface area (Å²) in [7, 11) is 3.47. The van der Waals surface area contributed by atoms with Gasteiger partial charge in [0.15, 0.2) is 0 Å². The highest BCUT2D eigenvalue weighted by atomic mass is 16.2. The summed E-state index contributed by atoms with van der Waals surface area (Å²) in [6, 6.07) is 0. The Morgan fingerprint density at radius 2 is 1.94 bits per heavy atom. The van der Waals surface area contributed by atoms with E-state index in [0.29, 0.717) is 19.5 Å². The smallest absolute Gasteiger partial charge is 0.240 e. The maximum atomic E-state index is 11.4. The molecule has 0 saturated carbocycles. The first-order valence-electron chi connectivity index (χ1n) is 5.23. The summed E-state index contributed by atoms with van der Waals surface area (Å²) in [6.45, 7) is 4.78. The van der Waals surface area contributed by atoms with Crippen LogP contribution in [0.25, 0.3) is 0 Å². The predicted octanol–water partition coefficient (Wildman–Crippen LogP) is -0.930. The van der Waals surface area contributed by atoms with Crippen molar-refractivity contribution in [2.45, 2.75) is 20.3 Å². The van der Waals surface area contributed by atoms with E-state index >= 15 is 0 Å². The zero-order chi connectivity index (χ0) is 12.8. The Labute approximate surface area is 96.5 Å². The molecule has 0 aliphatic carbocycles. The van der Waals surface area contributed by atoms with Crippen LogP contribution in [0.15, 0.2) is 0 Å². The van der Waals surface area contributed by atoms with Gasteiger partial charge in [-0.25, -0.2) is 5.84 Å². The van der Waals surface area contributed by atoms with E-state index in [4.69, 9.17) is 5.84 Å². The quantitative estimate of drug-likeness (QED) is 0.312. The Morgan fingerprint density at radius 1 is 1.38 bits per heavy atom. The number of nitrogens with one attached hydrogen (secondary N) is 2. The van der Waals surface area contributed by atoms with Gasteiger partial charge < -0.3 is 10.2 Å². The summed E-state index contributed by atoms with van der Waals surface area (Å²) in [5.74, 6) is 4.88. The average Bonchev–Trinajstić information content (AvgIpc) is 2.23. The fourth-order valence-electron chi connectivity index (χ4n) is 1.44. The number of hydrogen-bond donors (Lipinski definition) is 3. The van der Waals surface area contributed by atoms with Crippen LogP contribution in [0, 0.1) is 5.41 Å². The molecular formula is C10H22N4O2. The highest BCUT2D eigenvalue weighted by Crippen LogP contribution is 2.16. The molecule has 4 N–H and O–H groups in total. The standard InChI is InChI=1S/C10H22N4O2/c1-10(2,9(16)13-11)7-14(4)6-5-8(15)12-3/h5-7,11H2,1-4H3,(H,12,15)(H,13,16). The van der Waals surface area contributed by atoms with Crippen LogP contribution in [-0.4, -0.2) is 43.9 Å². The molecule has 0 heterocycles. The molecule has 0 unspecified atom stereocenters. The van der Waals surface area contributed by atoms with Gasteiger partial charge in [-0.15, -0.1) is 0 Å². The Balaban J connectivity index is 4.08. The molecule has 0 aliphatic heterocycles. The minimum absolute atomic E-state index is 0.00654. The number of hydrazine groups is 1. The molecule has 0 spiro atoms. The van der Waals surface area contributed by atoms with Crippen LogP contribution >= 0.6 is 0 Å². The molecule has 0 bridgehead atoms. The van der Waals surface area contributed by atoms with E-state index in [1.165, 1.54) is 0 Å². The summed E-state index contributed by atoms with van der Waals surface area (Å²) in [5, 5.41) is 2.55. The SMILES string of the molecule is CNC(=O)CCN(C)CC(C)(C)C(=O)NN. The molecular weight excluding hydrogens is 208 g/mol. The molecule has 0 aliphatic rings. The van der Waals surface area contributed by atoms with Crippen molar-refractivity contribution >= 4 is 11.8 Å². The number of nitrogens with zero attached hydrogens (tertiary/aromatic N) is 1. The zero-order valence-electron chi connectivity index (χ0n) is 10.5. The van der Waals surface area contributed by atoms with E-state index in [9.17, 15) is 9.59 Å². The van der Waals surface area contributed by atoms with Gasteiger partial charge in [0.2, 0.25) is 11.8 Å². The minimum Gasteiger partial charge on any atom is -0.359 e. The summed E-state index contributed by atoms with van der Waals surface area (Å²) < 4.78 is 0. The highest BCUT2D eigenvalue weighted by molar-refractivity contribution is 5.81. The van der Waals surface area contributed by atoms with Crippen molar-refractivity contribution in [3.8, 4) is 0 Å². The summed E-state index contributed by atoms with van der Waals surface area (Å²) in [5.41, 5.74) is 1.58. The van der Waals surface area contributed by atoms with E-state index in [-0.39, 0.29) is 11.8 Å². The number of nitrogens with two attached hydrogens (primary N) is 1. The Bertz CT molecular complexity index is 253. The second kappa shape index (κ2) is 6.44. The van der Waals surface area contributed by atoms with Crippen molar-refractivity contribution in [1.82, 2.24) is 15.6 Å². The Morgan fingerprint density at radius 3 is 2.38 bits per heavy atom. The molecule has 0 radical (unpaired) electrons. The summed E-state index contributed by atoms with van der Waals surface area (Å²) >= 11 is 0. The third-order valence-corrected chi connectivity index (χ3v) is 2.41. The van der Waals surface area contributed by atoms with E-state index < -0.39 is 5.41 Å². The van der Waals surface area contributed by atoms with Crippen molar-refractivity contribution in [2.24, 2.45) is 11.3 Å².